The fourth-order valence-electron chi connectivity index (χ4n) is 1.87. The molecule has 2 aromatic carbocycles. The Balaban J connectivity index is 2.26. The first-order valence-corrected chi connectivity index (χ1v) is 6.72. The third kappa shape index (κ3) is 4.33. The second-order valence-corrected chi connectivity index (χ2v) is 4.94. The number of nitrogens with zero attached hydrogens (tertiary/aromatic N) is 1. The summed E-state index contributed by atoms with van der Waals surface area (Å²) in [4.78, 5) is 15.3. The van der Waals surface area contributed by atoms with E-state index in [0.29, 0.717) is 10.6 Å². The second-order valence-electron chi connectivity index (χ2n) is 4.50. The Morgan fingerprint density at radius 2 is 1.86 bits per heavy atom. The summed E-state index contributed by atoms with van der Waals surface area (Å²) in [5.74, 6) is -0.837. The summed E-state index contributed by atoms with van der Waals surface area (Å²) in [6, 6.07) is 13.1. The zero-order chi connectivity index (χ0) is 15.2. The van der Waals surface area contributed by atoms with Gasteiger partial charge in [0, 0.05) is 16.8 Å². The van der Waals surface area contributed by atoms with Crippen LogP contribution in [0.3, 0.4) is 0 Å². The first-order chi connectivity index (χ1) is 10.1. The molecule has 0 unspecified atom stereocenters. The standard InChI is InChI=1S/C16H14ClNO3/c17-13-7-5-11(6-8-13)14(9-16(20)21)18-10-12-3-1-2-4-15(12)19/h1-8,10,14,19H,9H2,(H,20,21)/t14-/m1/s1. The maximum atomic E-state index is 11.0. The number of rotatable bonds is 5. The number of hydrogen-bond donors (Lipinski definition) is 2. The molecule has 2 rings (SSSR count). The van der Waals surface area contributed by atoms with Gasteiger partial charge in [0.2, 0.25) is 0 Å². The Labute approximate surface area is 127 Å². The molecule has 0 aliphatic rings. The van der Waals surface area contributed by atoms with E-state index in [1.807, 2.05) is 0 Å². The topological polar surface area (TPSA) is 69.9 Å². The van der Waals surface area contributed by atoms with E-state index < -0.39 is 12.0 Å². The lowest BCUT2D eigenvalue weighted by molar-refractivity contribution is -0.137. The smallest absolute Gasteiger partial charge is 0.305 e. The van der Waals surface area contributed by atoms with E-state index in [0.717, 1.165) is 5.56 Å². The highest BCUT2D eigenvalue weighted by molar-refractivity contribution is 6.30. The number of aromatic hydroxyl groups is 1. The van der Waals surface area contributed by atoms with Gasteiger partial charge in [0.25, 0.3) is 0 Å². The molecule has 21 heavy (non-hydrogen) atoms. The number of hydrogen-bond acceptors (Lipinski definition) is 3. The Morgan fingerprint density at radius 1 is 1.19 bits per heavy atom. The van der Waals surface area contributed by atoms with Crippen molar-refractivity contribution in [3.05, 3.63) is 64.7 Å². The van der Waals surface area contributed by atoms with Gasteiger partial charge in [-0.3, -0.25) is 9.79 Å². The van der Waals surface area contributed by atoms with Crippen LogP contribution >= 0.6 is 11.6 Å². The van der Waals surface area contributed by atoms with Crippen LogP contribution in [0.2, 0.25) is 5.02 Å². The van der Waals surface area contributed by atoms with Crippen molar-refractivity contribution >= 4 is 23.8 Å². The zero-order valence-corrected chi connectivity index (χ0v) is 11.9. The van der Waals surface area contributed by atoms with Crippen molar-refractivity contribution in [3.8, 4) is 5.75 Å². The zero-order valence-electron chi connectivity index (χ0n) is 11.1. The highest BCUT2D eigenvalue weighted by Crippen LogP contribution is 2.24. The molecule has 0 saturated carbocycles. The summed E-state index contributed by atoms with van der Waals surface area (Å²) in [5, 5.41) is 19.3. The Hall–Kier alpha value is -2.33. The van der Waals surface area contributed by atoms with Crippen molar-refractivity contribution in [2.45, 2.75) is 12.5 Å². The molecular formula is C16H14ClNO3. The van der Waals surface area contributed by atoms with Crippen LogP contribution in [-0.4, -0.2) is 22.4 Å². The molecule has 0 heterocycles. The third-order valence-corrected chi connectivity index (χ3v) is 3.21. The van der Waals surface area contributed by atoms with E-state index >= 15 is 0 Å². The van der Waals surface area contributed by atoms with Gasteiger partial charge in [-0.15, -0.1) is 0 Å². The second kappa shape index (κ2) is 6.90. The monoisotopic (exact) mass is 303 g/mol. The number of carbonyl (C=O) groups is 1. The van der Waals surface area contributed by atoms with E-state index in [1.54, 1.807) is 48.5 Å². The summed E-state index contributed by atoms with van der Waals surface area (Å²) >= 11 is 5.83. The van der Waals surface area contributed by atoms with Gasteiger partial charge in [0.15, 0.2) is 0 Å². The van der Waals surface area contributed by atoms with Crippen LogP contribution in [0.5, 0.6) is 5.75 Å². The molecule has 0 fully saturated rings. The molecule has 0 spiro atoms. The molecule has 0 aromatic heterocycles. The lowest BCUT2D eigenvalue weighted by Crippen LogP contribution is -2.04. The number of aliphatic carboxylic acids is 1. The summed E-state index contributed by atoms with van der Waals surface area (Å²) in [5.41, 5.74) is 1.30. The van der Waals surface area contributed by atoms with E-state index in [9.17, 15) is 9.90 Å². The molecule has 2 aromatic rings. The highest BCUT2D eigenvalue weighted by atomic mass is 35.5. The molecule has 0 aliphatic carbocycles. The normalized spacial score (nSPS) is 12.4. The number of aliphatic imine (C=N–C) groups is 1. The molecule has 4 nitrogen and oxygen atoms in total. The summed E-state index contributed by atoms with van der Waals surface area (Å²) in [7, 11) is 0. The van der Waals surface area contributed by atoms with Crippen molar-refractivity contribution in [2.75, 3.05) is 0 Å². The minimum Gasteiger partial charge on any atom is -0.507 e. The Bertz CT molecular complexity index is 653. The van der Waals surface area contributed by atoms with Crippen molar-refractivity contribution in [1.82, 2.24) is 0 Å². The van der Waals surface area contributed by atoms with E-state index in [2.05, 4.69) is 4.99 Å². The lowest BCUT2D eigenvalue weighted by atomic mass is 10.0. The minimum absolute atomic E-state index is 0.103. The molecule has 0 aliphatic heterocycles. The molecule has 0 bridgehead atoms. The van der Waals surface area contributed by atoms with E-state index in [1.165, 1.54) is 6.21 Å². The van der Waals surface area contributed by atoms with Crippen LogP contribution in [0.25, 0.3) is 0 Å². The number of para-hydroxylation sites is 1. The van der Waals surface area contributed by atoms with Crippen LogP contribution in [0, 0.1) is 0 Å². The fourth-order valence-corrected chi connectivity index (χ4v) is 2.00. The number of phenols is 1. The number of carboxylic acids is 1. The summed E-state index contributed by atoms with van der Waals surface area (Å²) < 4.78 is 0. The maximum Gasteiger partial charge on any atom is 0.305 e. The number of phenolic OH excluding ortho intramolecular Hbond substituents is 1. The summed E-state index contributed by atoms with van der Waals surface area (Å²) in [6.45, 7) is 0. The SMILES string of the molecule is O=C(O)C[C@@H](N=Cc1ccccc1O)c1ccc(Cl)cc1. The molecule has 0 amide bonds. The molecule has 5 heteroatoms. The molecule has 1 atom stereocenters. The van der Waals surface area contributed by atoms with Crippen LogP contribution < -0.4 is 0 Å². The predicted octanol–water partition coefficient (Wildman–Crippen LogP) is 3.68. The van der Waals surface area contributed by atoms with E-state index in [-0.39, 0.29) is 12.2 Å². The van der Waals surface area contributed by atoms with Gasteiger partial charge in [-0.1, -0.05) is 35.9 Å². The Kier molecular flexibility index (Phi) is 4.95. The van der Waals surface area contributed by atoms with Crippen LogP contribution in [0.4, 0.5) is 0 Å². The third-order valence-electron chi connectivity index (χ3n) is 2.95. The van der Waals surface area contributed by atoms with Gasteiger partial charge < -0.3 is 10.2 Å². The molecule has 2 N–H and O–H groups in total. The average Bonchev–Trinajstić information content (AvgIpc) is 2.45. The van der Waals surface area contributed by atoms with Crippen LogP contribution in [0.1, 0.15) is 23.6 Å². The maximum absolute atomic E-state index is 11.0. The van der Waals surface area contributed by atoms with Crippen LogP contribution in [-0.2, 0) is 4.79 Å². The average molecular weight is 304 g/mol. The molecule has 0 radical (unpaired) electrons. The van der Waals surface area contributed by atoms with Crippen molar-refractivity contribution < 1.29 is 15.0 Å². The van der Waals surface area contributed by atoms with Gasteiger partial charge in [-0.25, -0.2) is 0 Å². The molecule has 0 saturated heterocycles. The van der Waals surface area contributed by atoms with Gasteiger partial charge in [-0.2, -0.15) is 0 Å². The number of benzene rings is 2. The first kappa shape index (κ1) is 15.1. The highest BCUT2D eigenvalue weighted by Gasteiger charge is 2.14. The fraction of sp³-hybridized carbons (Fsp3) is 0.125. The van der Waals surface area contributed by atoms with Gasteiger partial charge in [0.1, 0.15) is 5.75 Å². The molecular weight excluding hydrogens is 290 g/mol. The quantitative estimate of drug-likeness (QED) is 0.828. The van der Waals surface area contributed by atoms with E-state index in [4.69, 9.17) is 16.7 Å². The number of halogens is 1. The molecule has 108 valence electrons. The van der Waals surface area contributed by atoms with Gasteiger partial charge in [-0.05, 0) is 29.8 Å². The number of carboxylic acid groups (broad SMARTS) is 1. The largest absolute Gasteiger partial charge is 0.507 e. The summed E-state index contributed by atoms with van der Waals surface area (Å²) in [6.07, 6.45) is 1.35. The predicted molar refractivity (Wildman–Crippen MR) is 82.1 cm³/mol. The van der Waals surface area contributed by atoms with Crippen LogP contribution in [0.15, 0.2) is 53.5 Å². The van der Waals surface area contributed by atoms with Crippen molar-refractivity contribution in [1.29, 1.82) is 0 Å². The van der Waals surface area contributed by atoms with Crippen molar-refractivity contribution in [3.63, 3.8) is 0 Å². The van der Waals surface area contributed by atoms with Gasteiger partial charge >= 0.3 is 5.97 Å². The first-order valence-electron chi connectivity index (χ1n) is 6.34. The minimum atomic E-state index is -0.940. The van der Waals surface area contributed by atoms with Crippen molar-refractivity contribution in [2.24, 2.45) is 4.99 Å². The van der Waals surface area contributed by atoms with Gasteiger partial charge in [0.05, 0.1) is 12.5 Å². The Morgan fingerprint density at radius 3 is 2.48 bits per heavy atom. The lowest BCUT2D eigenvalue weighted by Gasteiger charge is -2.10.